The Morgan fingerprint density at radius 3 is 2.38 bits per heavy atom. The number of aromatic nitrogens is 3. The summed E-state index contributed by atoms with van der Waals surface area (Å²) >= 11 is 0. The van der Waals surface area contributed by atoms with Crippen LogP contribution in [-0.4, -0.2) is 32.9 Å². The number of aryl methyl sites for hydroxylation is 2. The summed E-state index contributed by atoms with van der Waals surface area (Å²) in [7, 11) is 0. The van der Waals surface area contributed by atoms with Crippen LogP contribution in [0.15, 0.2) is 0 Å². The van der Waals surface area contributed by atoms with Gasteiger partial charge in [0, 0.05) is 0 Å². The van der Waals surface area contributed by atoms with E-state index >= 15 is 0 Å². The third kappa shape index (κ3) is 3.73. The molecule has 0 aliphatic carbocycles. The Balaban J connectivity index is 2.66. The largest absolute Gasteiger partial charge is 0.394 e. The molecule has 0 saturated carbocycles. The predicted molar refractivity (Wildman–Crippen MR) is 63.3 cm³/mol. The number of anilines is 1. The van der Waals surface area contributed by atoms with Crippen LogP contribution in [-0.2, 0) is 0 Å². The summed E-state index contributed by atoms with van der Waals surface area (Å²) in [6, 6.07) is -0.0103. The van der Waals surface area contributed by atoms with Crippen molar-refractivity contribution in [2.45, 2.75) is 40.2 Å². The van der Waals surface area contributed by atoms with Gasteiger partial charge in [-0.2, -0.15) is 5.10 Å². The standard InChI is InChI=1S/C11H20N4O/c1-7(2)5-10(6-16)13-11-12-8(3)9(4)14-15-11/h7,10,16H,5-6H2,1-4H3,(H,12,13,15). The molecule has 1 aromatic rings. The van der Waals surface area contributed by atoms with Gasteiger partial charge in [0.2, 0.25) is 5.95 Å². The Hall–Kier alpha value is -1.23. The maximum Gasteiger partial charge on any atom is 0.243 e. The molecule has 1 aromatic heterocycles. The molecule has 0 amide bonds. The number of aliphatic hydroxyl groups excluding tert-OH is 1. The first-order valence-electron chi connectivity index (χ1n) is 5.58. The number of aliphatic hydroxyl groups is 1. The SMILES string of the molecule is Cc1nnc(NC(CO)CC(C)C)nc1C. The highest BCUT2D eigenvalue weighted by Crippen LogP contribution is 2.09. The minimum absolute atomic E-state index is 0.0103. The Kier molecular flexibility index (Phi) is 4.61. The van der Waals surface area contributed by atoms with E-state index in [1.807, 2.05) is 13.8 Å². The monoisotopic (exact) mass is 224 g/mol. The lowest BCUT2D eigenvalue weighted by molar-refractivity contribution is 0.259. The van der Waals surface area contributed by atoms with Gasteiger partial charge in [0.25, 0.3) is 0 Å². The molecule has 0 aromatic carbocycles. The van der Waals surface area contributed by atoms with E-state index in [1.54, 1.807) is 0 Å². The molecule has 5 heteroatoms. The molecular formula is C11H20N4O. The van der Waals surface area contributed by atoms with E-state index in [-0.39, 0.29) is 12.6 Å². The fourth-order valence-electron chi connectivity index (χ4n) is 1.45. The first-order valence-corrected chi connectivity index (χ1v) is 5.58. The molecule has 5 nitrogen and oxygen atoms in total. The summed E-state index contributed by atoms with van der Waals surface area (Å²) in [6.07, 6.45) is 0.882. The zero-order chi connectivity index (χ0) is 12.1. The van der Waals surface area contributed by atoms with E-state index in [0.29, 0.717) is 11.9 Å². The highest BCUT2D eigenvalue weighted by molar-refractivity contribution is 5.26. The van der Waals surface area contributed by atoms with Crippen molar-refractivity contribution in [1.29, 1.82) is 0 Å². The van der Waals surface area contributed by atoms with Crippen molar-refractivity contribution in [1.82, 2.24) is 15.2 Å². The number of hydrogen-bond acceptors (Lipinski definition) is 5. The molecule has 0 saturated heterocycles. The van der Waals surface area contributed by atoms with E-state index in [4.69, 9.17) is 0 Å². The lowest BCUT2D eigenvalue weighted by atomic mass is 10.0. The number of nitrogens with one attached hydrogen (secondary N) is 1. The van der Waals surface area contributed by atoms with Crippen LogP contribution in [0.1, 0.15) is 31.7 Å². The summed E-state index contributed by atoms with van der Waals surface area (Å²) in [4.78, 5) is 4.27. The van der Waals surface area contributed by atoms with Crippen LogP contribution in [0.3, 0.4) is 0 Å². The van der Waals surface area contributed by atoms with Crippen molar-refractivity contribution in [3.63, 3.8) is 0 Å². The summed E-state index contributed by atoms with van der Waals surface area (Å²) in [5, 5.41) is 20.3. The lowest BCUT2D eigenvalue weighted by Gasteiger charge is -2.17. The molecule has 2 N–H and O–H groups in total. The molecule has 1 atom stereocenters. The molecule has 90 valence electrons. The molecular weight excluding hydrogens is 204 g/mol. The molecule has 0 aliphatic heterocycles. The Labute approximate surface area is 96.3 Å². The van der Waals surface area contributed by atoms with E-state index in [9.17, 15) is 5.11 Å². The third-order valence-corrected chi connectivity index (χ3v) is 2.40. The van der Waals surface area contributed by atoms with Crippen LogP contribution < -0.4 is 5.32 Å². The van der Waals surface area contributed by atoms with Crippen LogP contribution >= 0.6 is 0 Å². The van der Waals surface area contributed by atoms with Crippen molar-refractivity contribution >= 4 is 5.95 Å². The van der Waals surface area contributed by atoms with Crippen LogP contribution in [0.25, 0.3) is 0 Å². The highest BCUT2D eigenvalue weighted by atomic mass is 16.3. The minimum atomic E-state index is -0.0103. The maximum absolute atomic E-state index is 9.22. The Morgan fingerprint density at radius 1 is 1.19 bits per heavy atom. The fourth-order valence-corrected chi connectivity index (χ4v) is 1.45. The highest BCUT2D eigenvalue weighted by Gasteiger charge is 2.11. The molecule has 0 radical (unpaired) electrons. The fraction of sp³-hybridized carbons (Fsp3) is 0.727. The number of rotatable bonds is 5. The number of nitrogens with zero attached hydrogens (tertiary/aromatic N) is 3. The molecule has 0 aliphatic rings. The second-order valence-electron chi connectivity index (χ2n) is 4.46. The van der Waals surface area contributed by atoms with Crippen LogP contribution in [0.5, 0.6) is 0 Å². The van der Waals surface area contributed by atoms with Gasteiger partial charge in [0.1, 0.15) is 0 Å². The molecule has 0 fully saturated rings. The van der Waals surface area contributed by atoms with E-state index < -0.39 is 0 Å². The van der Waals surface area contributed by atoms with Crippen molar-refractivity contribution in [2.75, 3.05) is 11.9 Å². The Bertz CT molecular complexity index is 341. The first-order chi connectivity index (χ1) is 7.52. The second-order valence-corrected chi connectivity index (χ2v) is 4.46. The van der Waals surface area contributed by atoms with Gasteiger partial charge in [-0.25, -0.2) is 4.98 Å². The van der Waals surface area contributed by atoms with Crippen LogP contribution in [0.2, 0.25) is 0 Å². The van der Waals surface area contributed by atoms with Gasteiger partial charge in [-0.3, -0.25) is 0 Å². The Morgan fingerprint density at radius 2 is 1.88 bits per heavy atom. The normalized spacial score (nSPS) is 12.9. The smallest absolute Gasteiger partial charge is 0.243 e. The van der Waals surface area contributed by atoms with Crippen molar-refractivity contribution in [2.24, 2.45) is 5.92 Å². The lowest BCUT2D eigenvalue weighted by Crippen LogP contribution is -2.27. The summed E-state index contributed by atoms with van der Waals surface area (Å²) < 4.78 is 0. The van der Waals surface area contributed by atoms with Gasteiger partial charge in [0.15, 0.2) is 0 Å². The van der Waals surface area contributed by atoms with Gasteiger partial charge >= 0.3 is 0 Å². The predicted octanol–water partition coefficient (Wildman–Crippen LogP) is 1.31. The third-order valence-electron chi connectivity index (χ3n) is 2.40. The average molecular weight is 224 g/mol. The van der Waals surface area contributed by atoms with Gasteiger partial charge in [0.05, 0.1) is 24.0 Å². The zero-order valence-corrected chi connectivity index (χ0v) is 10.4. The first kappa shape index (κ1) is 12.8. The summed E-state index contributed by atoms with van der Waals surface area (Å²) in [6.45, 7) is 8.07. The van der Waals surface area contributed by atoms with E-state index in [2.05, 4.69) is 34.3 Å². The summed E-state index contributed by atoms with van der Waals surface area (Å²) in [5.74, 6) is 1.01. The molecule has 0 spiro atoms. The average Bonchev–Trinajstić information content (AvgIpc) is 2.22. The maximum atomic E-state index is 9.22. The molecule has 1 heterocycles. The van der Waals surface area contributed by atoms with Gasteiger partial charge < -0.3 is 10.4 Å². The van der Waals surface area contributed by atoms with Crippen molar-refractivity contribution in [3.8, 4) is 0 Å². The quantitative estimate of drug-likeness (QED) is 0.789. The van der Waals surface area contributed by atoms with Crippen LogP contribution in [0.4, 0.5) is 5.95 Å². The van der Waals surface area contributed by atoms with Crippen molar-refractivity contribution < 1.29 is 5.11 Å². The molecule has 16 heavy (non-hydrogen) atoms. The van der Waals surface area contributed by atoms with E-state index in [0.717, 1.165) is 17.8 Å². The zero-order valence-electron chi connectivity index (χ0n) is 10.4. The summed E-state index contributed by atoms with van der Waals surface area (Å²) in [5.41, 5.74) is 1.69. The second kappa shape index (κ2) is 5.75. The van der Waals surface area contributed by atoms with Gasteiger partial charge in [-0.15, -0.1) is 5.10 Å². The van der Waals surface area contributed by atoms with Gasteiger partial charge in [-0.05, 0) is 26.2 Å². The molecule has 1 unspecified atom stereocenters. The van der Waals surface area contributed by atoms with Crippen LogP contribution in [0, 0.1) is 19.8 Å². The molecule has 0 bridgehead atoms. The van der Waals surface area contributed by atoms with Crippen molar-refractivity contribution in [3.05, 3.63) is 11.4 Å². The molecule has 1 rings (SSSR count). The minimum Gasteiger partial charge on any atom is -0.394 e. The number of hydrogen-bond donors (Lipinski definition) is 2. The van der Waals surface area contributed by atoms with E-state index in [1.165, 1.54) is 0 Å². The van der Waals surface area contributed by atoms with Gasteiger partial charge in [-0.1, -0.05) is 13.8 Å². The topological polar surface area (TPSA) is 70.9 Å².